The summed E-state index contributed by atoms with van der Waals surface area (Å²) in [5.41, 5.74) is 1.34. The number of thiophene rings is 1. The highest BCUT2D eigenvalue weighted by atomic mass is 32.1. The maximum atomic E-state index is 12.7. The molecule has 1 amide bonds. The molecule has 0 fully saturated rings. The van der Waals surface area contributed by atoms with E-state index in [9.17, 15) is 10.1 Å². The topological polar surface area (TPSA) is 96.7 Å². The van der Waals surface area contributed by atoms with Gasteiger partial charge in [0.25, 0.3) is 5.91 Å². The van der Waals surface area contributed by atoms with Gasteiger partial charge in [-0.1, -0.05) is 11.3 Å². The first kappa shape index (κ1) is 16.3. The van der Waals surface area contributed by atoms with E-state index in [0.717, 1.165) is 10.6 Å². The molecule has 0 bridgehead atoms. The minimum absolute atomic E-state index is 0.179. The van der Waals surface area contributed by atoms with Gasteiger partial charge in [-0.25, -0.2) is 0 Å². The zero-order valence-electron chi connectivity index (χ0n) is 13.5. The summed E-state index contributed by atoms with van der Waals surface area (Å²) in [5, 5.41) is 25.3. The Hall–Kier alpha value is -3.22. The van der Waals surface area contributed by atoms with E-state index in [4.69, 9.17) is 4.42 Å². The number of hydrogen-bond acceptors (Lipinski definition) is 7. The Labute approximate surface area is 156 Å². The van der Waals surface area contributed by atoms with Gasteiger partial charge in [0.1, 0.15) is 28.0 Å². The molecule has 9 heteroatoms. The van der Waals surface area contributed by atoms with Crippen molar-refractivity contribution in [2.75, 3.05) is 5.32 Å². The monoisotopic (exact) mass is 381 g/mol. The standard InChI is InChI=1S/C17H11N5O2S2/c1-10-13(12(8-18)16(24-10)22-5-2-3-6-22)14(23)19-17-21-20-15(26-17)11-4-7-25-9-11/h2-7,9H,1H3,(H,19,21,23). The molecule has 0 radical (unpaired) electrons. The Morgan fingerprint density at radius 1 is 1.35 bits per heavy atom. The molecule has 4 aromatic rings. The number of anilines is 1. The lowest BCUT2D eigenvalue weighted by Crippen LogP contribution is -2.13. The Bertz CT molecular complexity index is 1100. The summed E-state index contributed by atoms with van der Waals surface area (Å²) in [6.45, 7) is 1.65. The van der Waals surface area contributed by atoms with Gasteiger partial charge in [0.2, 0.25) is 11.0 Å². The van der Waals surface area contributed by atoms with Gasteiger partial charge in [-0.2, -0.15) is 16.6 Å². The number of rotatable bonds is 4. The van der Waals surface area contributed by atoms with Gasteiger partial charge in [0.05, 0.1) is 0 Å². The van der Waals surface area contributed by atoms with E-state index in [-0.39, 0.29) is 11.1 Å². The van der Waals surface area contributed by atoms with Crippen molar-refractivity contribution < 1.29 is 9.21 Å². The number of nitriles is 1. The average Bonchev–Trinajstić information content (AvgIpc) is 3.40. The van der Waals surface area contributed by atoms with E-state index in [2.05, 4.69) is 21.6 Å². The molecule has 1 N–H and O–H groups in total. The number of carbonyl (C=O) groups is 1. The Balaban J connectivity index is 1.64. The molecule has 0 aliphatic rings. The minimum atomic E-state index is -0.450. The number of amides is 1. The summed E-state index contributed by atoms with van der Waals surface area (Å²) in [6.07, 6.45) is 3.50. The van der Waals surface area contributed by atoms with Crippen LogP contribution in [0.15, 0.2) is 45.8 Å². The van der Waals surface area contributed by atoms with Gasteiger partial charge in [-0.15, -0.1) is 10.2 Å². The van der Waals surface area contributed by atoms with Crippen molar-refractivity contribution in [2.24, 2.45) is 0 Å². The van der Waals surface area contributed by atoms with E-state index in [1.54, 1.807) is 35.2 Å². The van der Waals surface area contributed by atoms with Crippen LogP contribution in [0.4, 0.5) is 5.13 Å². The minimum Gasteiger partial charge on any atom is -0.443 e. The third-order valence-corrected chi connectivity index (χ3v) is 5.23. The summed E-state index contributed by atoms with van der Waals surface area (Å²) < 4.78 is 7.31. The van der Waals surface area contributed by atoms with Gasteiger partial charge in [-0.3, -0.25) is 14.7 Å². The van der Waals surface area contributed by atoms with Crippen LogP contribution >= 0.6 is 22.7 Å². The molecular weight excluding hydrogens is 370 g/mol. The number of nitrogens with zero attached hydrogens (tertiary/aromatic N) is 4. The first-order valence-corrected chi connectivity index (χ1v) is 9.27. The zero-order chi connectivity index (χ0) is 18.1. The van der Waals surface area contributed by atoms with Crippen LogP contribution in [0.2, 0.25) is 0 Å². The van der Waals surface area contributed by atoms with E-state index < -0.39 is 5.91 Å². The largest absolute Gasteiger partial charge is 0.443 e. The molecule has 26 heavy (non-hydrogen) atoms. The molecule has 0 saturated carbocycles. The first-order chi connectivity index (χ1) is 12.7. The van der Waals surface area contributed by atoms with E-state index >= 15 is 0 Å². The summed E-state index contributed by atoms with van der Waals surface area (Å²) >= 11 is 2.83. The van der Waals surface area contributed by atoms with Crippen molar-refractivity contribution in [3.63, 3.8) is 0 Å². The molecule has 4 heterocycles. The first-order valence-electron chi connectivity index (χ1n) is 7.51. The van der Waals surface area contributed by atoms with Crippen LogP contribution in [0.1, 0.15) is 21.7 Å². The second-order valence-corrected chi connectivity index (χ2v) is 7.05. The number of hydrogen-bond donors (Lipinski definition) is 1. The Morgan fingerprint density at radius 3 is 2.85 bits per heavy atom. The molecule has 4 aromatic heterocycles. The highest BCUT2D eigenvalue weighted by Crippen LogP contribution is 2.30. The maximum Gasteiger partial charge on any atom is 0.262 e. The lowest BCUT2D eigenvalue weighted by Gasteiger charge is -2.00. The smallest absolute Gasteiger partial charge is 0.262 e. The second-order valence-electron chi connectivity index (χ2n) is 5.29. The van der Waals surface area contributed by atoms with Gasteiger partial charge in [0, 0.05) is 23.3 Å². The molecule has 0 unspecified atom stereocenters. The van der Waals surface area contributed by atoms with Crippen molar-refractivity contribution in [2.45, 2.75) is 6.92 Å². The molecule has 0 spiro atoms. The zero-order valence-corrected chi connectivity index (χ0v) is 15.1. The lowest BCUT2D eigenvalue weighted by molar-refractivity contribution is 0.102. The fraction of sp³-hybridized carbons (Fsp3) is 0.0588. The van der Waals surface area contributed by atoms with Crippen molar-refractivity contribution >= 4 is 33.7 Å². The van der Waals surface area contributed by atoms with Crippen LogP contribution in [0.25, 0.3) is 16.5 Å². The number of furan rings is 1. The van der Waals surface area contributed by atoms with Crippen molar-refractivity contribution in [3.05, 3.63) is 58.2 Å². The molecule has 0 aromatic carbocycles. The summed E-state index contributed by atoms with van der Waals surface area (Å²) in [4.78, 5) is 12.7. The van der Waals surface area contributed by atoms with Crippen molar-refractivity contribution in [3.8, 4) is 22.5 Å². The molecule has 128 valence electrons. The highest BCUT2D eigenvalue weighted by Gasteiger charge is 2.25. The summed E-state index contributed by atoms with van der Waals surface area (Å²) in [7, 11) is 0. The molecule has 0 atom stereocenters. The predicted octanol–water partition coefficient (Wildman–Crippen LogP) is 4.08. The molecule has 0 aliphatic heterocycles. The van der Waals surface area contributed by atoms with Gasteiger partial charge >= 0.3 is 0 Å². The fourth-order valence-corrected chi connectivity index (χ4v) is 3.95. The summed E-state index contributed by atoms with van der Waals surface area (Å²) in [6, 6.07) is 7.62. The second kappa shape index (κ2) is 6.59. The fourth-order valence-electron chi connectivity index (χ4n) is 2.50. The quantitative estimate of drug-likeness (QED) is 0.574. The number of nitrogens with one attached hydrogen (secondary N) is 1. The van der Waals surface area contributed by atoms with Crippen molar-refractivity contribution in [1.82, 2.24) is 14.8 Å². The average molecular weight is 381 g/mol. The highest BCUT2D eigenvalue weighted by molar-refractivity contribution is 7.19. The van der Waals surface area contributed by atoms with E-state index in [1.807, 2.05) is 29.0 Å². The van der Waals surface area contributed by atoms with Crippen LogP contribution in [0.5, 0.6) is 0 Å². The van der Waals surface area contributed by atoms with Crippen LogP contribution in [-0.4, -0.2) is 20.7 Å². The van der Waals surface area contributed by atoms with Crippen LogP contribution in [0, 0.1) is 18.3 Å². The van der Waals surface area contributed by atoms with Gasteiger partial charge in [-0.05, 0) is 30.5 Å². The predicted molar refractivity (Wildman–Crippen MR) is 98.7 cm³/mol. The molecule has 4 rings (SSSR count). The third kappa shape index (κ3) is 2.81. The summed E-state index contributed by atoms with van der Waals surface area (Å²) in [5.74, 6) is 0.232. The van der Waals surface area contributed by atoms with Gasteiger partial charge in [0.15, 0.2) is 0 Å². The Morgan fingerprint density at radius 2 is 2.15 bits per heavy atom. The molecular formula is C17H11N5O2S2. The molecule has 7 nitrogen and oxygen atoms in total. The number of aromatic nitrogens is 3. The number of carbonyl (C=O) groups excluding carboxylic acids is 1. The maximum absolute atomic E-state index is 12.7. The van der Waals surface area contributed by atoms with Crippen LogP contribution < -0.4 is 5.32 Å². The van der Waals surface area contributed by atoms with Crippen LogP contribution in [-0.2, 0) is 0 Å². The normalized spacial score (nSPS) is 10.6. The van der Waals surface area contributed by atoms with Crippen molar-refractivity contribution in [1.29, 1.82) is 5.26 Å². The molecule has 0 aliphatic carbocycles. The number of aryl methyl sites for hydroxylation is 1. The van der Waals surface area contributed by atoms with Crippen LogP contribution in [0.3, 0.4) is 0 Å². The lowest BCUT2D eigenvalue weighted by atomic mass is 10.1. The van der Waals surface area contributed by atoms with E-state index in [1.165, 1.54) is 11.3 Å². The van der Waals surface area contributed by atoms with Gasteiger partial charge < -0.3 is 4.42 Å². The Kier molecular flexibility index (Phi) is 4.12. The van der Waals surface area contributed by atoms with E-state index in [0.29, 0.717) is 16.8 Å². The molecule has 0 saturated heterocycles. The third-order valence-electron chi connectivity index (χ3n) is 3.66. The SMILES string of the molecule is Cc1oc(-n2cccc2)c(C#N)c1C(=O)Nc1nnc(-c2ccsc2)s1.